The number of morpholine rings is 1. The van der Waals surface area contributed by atoms with Crippen molar-refractivity contribution in [3.8, 4) is 11.4 Å². The van der Waals surface area contributed by atoms with E-state index in [2.05, 4.69) is 9.97 Å². The average molecular weight is 547 g/mol. The Labute approximate surface area is 228 Å². The Morgan fingerprint density at radius 2 is 1.57 bits per heavy atom. The Morgan fingerprint density at radius 3 is 2.25 bits per heavy atom. The van der Waals surface area contributed by atoms with Crippen LogP contribution in [-0.4, -0.2) is 84.1 Å². The summed E-state index contributed by atoms with van der Waals surface area (Å²) in [7, 11) is 0. The third kappa shape index (κ3) is 4.86. The lowest BCUT2D eigenvalue weighted by Gasteiger charge is -2.35. The molecule has 2 aliphatic heterocycles. The summed E-state index contributed by atoms with van der Waals surface area (Å²) in [6.07, 6.45) is 0. The molecule has 2 aromatic heterocycles. The minimum absolute atomic E-state index is 0.0440. The minimum Gasteiger partial charge on any atom is -0.450 e. The van der Waals surface area contributed by atoms with Crippen molar-refractivity contribution in [2.24, 2.45) is 5.73 Å². The first-order valence-corrected chi connectivity index (χ1v) is 12.9. The maximum absolute atomic E-state index is 14.3. The molecule has 2 saturated heterocycles. The van der Waals surface area contributed by atoms with E-state index in [0.29, 0.717) is 86.7 Å². The largest absolute Gasteiger partial charge is 0.450 e. The first-order chi connectivity index (χ1) is 19.4. The molecule has 12 nitrogen and oxygen atoms in total. The number of hydrogen-bond acceptors (Lipinski definition) is 10. The van der Waals surface area contributed by atoms with Crippen molar-refractivity contribution in [2.45, 2.75) is 0 Å². The zero-order valence-electron chi connectivity index (χ0n) is 21.5. The highest BCUT2D eigenvalue weighted by molar-refractivity contribution is 6.06. The number of carbonyl (C=O) groups is 2. The molecule has 4 N–H and O–H groups in total. The second-order valence-electron chi connectivity index (χ2n) is 9.57. The van der Waals surface area contributed by atoms with Crippen molar-refractivity contribution < 1.29 is 23.1 Å². The van der Waals surface area contributed by atoms with E-state index in [1.54, 1.807) is 35.2 Å². The lowest BCUT2D eigenvalue weighted by Crippen LogP contribution is -2.49. The third-order valence-electron chi connectivity index (χ3n) is 7.03. The predicted molar refractivity (Wildman–Crippen MR) is 146 cm³/mol. The zero-order chi connectivity index (χ0) is 27.8. The highest BCUT2D eigenvalue weighted by Crippen LogP contribution is 2.27. The molecule has 0 radical (unpaired) electrons. The molecular formula is C27H27FN8O4. The van der Waals surface area contributed by atoms with Gasteiger partial charge in [-0.15, -0.1) is 0 Å². The van der Waals surface area contributed by atoms with Crippen LogP contribution in [0.1, 0.15) is 20.9 Å². The highest BCUT2D eigenvalue weighted by atomic mass is 19.1. The number of carbonyl (C=O) groups excluding carboxylic acids is 2. The number of nitrogens with zero attached hydrogens (tertiary/aromatic N) is 6. The second kappa shape index (κ2) is 10.4. The van der Waals surface area contributed by atoms with Crippen LogP contribution in [0.5, 0.6) is 0 Å². The van der Waals surface area contributed by atoms with Gasteiger partial charge in [0, 0.05) is 50.2 Å². The Hall–Kier alpha value is -4.78. The van der Waals surface area contributed by atoms with Crippen LogP contribution in [0.2, 0.25) is 0 Å². The van der Waals surface area contributed by atoms with Crippen molar-refractivity contribution in [1.29, 1.82) is 0 Å². The quantitative estimate of drug-likeness (QED) is 0.354. The van der Waals surface area contributed by atoms with Crippen LogP contribution in [0, 0.1) is 5.82 Å². The molecule has 2 amide bonds. The highest BCUT2D eigenvalue weighted by Gasteiger charge is 2.28. The fraction of sp³-hybridized carbons (Fsp3) is 0.296. The van der Waals surface area contributed by atoms with E-state index in [1.165, 1.54) is 12.1 Å². The van der Waals surface area contributed by atoms with E-state index in [-0.39, 0.29) is 22.9 Å². The summed E-state index contributed by atoms with van der Waals surface area (Å²) in [4.78, 5) is 44.6. The Bertz CT molecular complexity index is 1590. The van der Waals surface area contributed by atoms with E-state index < -0.39 is 11.7 Å². The molecule has 4 heterocycles. The molecule has 0 spiro atoms. The van der Waals surface area contributed by atoms with Crippen LogP contribution in [0.15, 0.2) is 46.9 Å². The molecular weight excluding hydrogens is 519 g/mol. The number of nitrogens with two attached hydrogens (primary N) is 2. The normalized spacial score (nSPS) is 16.0. The Morgan fingerprint density at radius 1 is 0.875 bits per heavy atom. The molecule has 0 atom stereocenters. The number of nitrogen functional groups attached to an aromatic ring is 1. The van der Waals surface area contributed by atoms with E-state index in [9.17, 15) is 14.0 Å². The number of hydrogen-bond donors (Lipinski definition) is 2. The summed E-state index contributed by atoms with van der Waals surface area (Å²) < 4.78 is 25.5. The van der Waals surface area contributed by atoms with Crippen molar-refractivity contribution in [2.75, 3.05) is 68.0 Å². The Balaban J connectivity index is 1.24. The predicted octanol–water partition coefficient (Wildman–Crippen LogP) is 1.90. The van der Waals surface area contributed by atoms with Crippen LogP contribution in [0.3, 0.4) is 0 Å². The molecule has 0 saturated carbocycles. The standard InChI is InChI=1S/C27H27FN8O4/c28-19-14-17(4-5-20(19)29)24-31-26(33-27(32-24)36-10-12-39-13-11-36)35-8-6-34(7-9-35)25(38)21-15-16-2-1-3-18(23(30)37)22(16)40-21/h1-5,14-15H,6-13,29H2,(H2,30,37). The van der Waals surface area contributed by atoms with Crippen LogP contribution >= 0.6 is 0 Å². The molecule has 40 heavy (non-hydrogen) atoms. The molecule has 2 aromatic carbocycles. The summed E-state index contributed by atoms with van der Waals surface area (Å²) in [5.74, 6) is -0.0716. The van der Waals surface area contributed by atoms with E-state index >= 15 is 0 Å². The van der Waals surface area contributed by atoms with Gasteiger partial charge in [0.15, 0.2) is 11.6 Å². The van der Waals surface area contributed by atoms with Crippen LogP contribution in [0.4, 0.5) is 22.0 Å². The van der Waals surface area contributed by atoms with E-state index in [1.807, 2.05) is 9.80 Å². The van der Waals surface area contributed by atoms with Crippen molar-refractivity contribution in [3.05, 3.63) is 59.6 Å². The number of rotatable bonds is 5. The molecule has 206 valence electrons. The third-order valence-corrected chi connectivity index (χ3v) is 7.03. The molecule has 13 heteroatoms. The molecule has 2 aliphatic rings. The summed E-state index contributed by atoms with van der Waals surface area (Å²) in [6, 6.07) is 11.1. The number of piperazine rings is 1. The van der Waals surface area contributed by atoms with Crippen molar-refractivity contribution >= 4 is 40.4 Å². The summed E-state index contributed by atoms with van der Waals surface area (Å²) in [5.41, 5.74) is 12.2. The molecule has 2 fully saturated rings. The minimum atomic E-state index is -0.623. The van der Waals surface area contributed by atoms with Crippen LogP contribution in [-0.2, 0) is 4.74 Å². The SMILES string of the molecule is NC(=O)c1cccc2cc(C(=O)N3CCN(c4nc(-c5ccc(N)c(F)c5)nc(N5CCOCC5)n4)CC3)oc12. The van der Waals surface area contributed by atoms with Crippen molar-refractivity contribution in [3.63, 3.8) is 0 Å². The number of primary amides is 1. The van der Waals surface area contributed by atoms with Gasteiger partial charge < -0.3 is 35.3 Å². The molecule has 4 aromatic rings. The van der Waals surface area contributed by atoms with Gasteiger partial charge in [-0.25, -0.2) is 4.39 Å². The molecule has 6 rings (SSSR count). The zero-order valence-corrected chi connectivity index (χ0v) is 21.5. The van der Waals surface area contributed by atoms with Gasteiger partial charge in [0.2, 0.25) is 11.9 Å². The van der Waals surface area contributed by atoms with Gasteiger partial charge in [0.25, 0.3) is 11.8 Å². The summed E-state index contributed by atoms with van der Waals surface area (Å²) in [5, 5.41) is 0.630. The smallest absolute Gasteiger partial charge is 0.289 e. The lowest BCUT2D eigenvalue weighted by molar-refractivity contribution is 0.0716. The van der Waals surface area contributed by atoms with Crippen LogP contribution in [0.25, 0.3) is 22.4 Å². The first kappa shape index (κ1) is 25.5. The average Bonchev–Trinajstić information content (AvgIpc) is 3.43. The van der Waals surface area contributed by atoms with Gasteiger partial charge in [-0.1, -0.05) is 12.1 Å². The van der Waals surface area contributed by atoms with Gasteiger partial charge in [0.05, 0.1) is 24.5 Å². The maximum Gasteiger partial charge on any atom is 0.289 e. The van der Waals surface area contributed by atoms with Gasteiger partial charge in [-0.2, -0.15) is 15.0 Å². The fourth-order valence-electron chi connectivity index (χ4n) is 4.82. The number of benzene rings is 2. The number of halogens is 1. The van der Waals surface area contributed by atoms with Gasteiger partial charge in [-0.05, 0) is 30.3 Å². The topological polar surface area (TPSA) is 157 Å². The maximum atomic E-state index is 14.3. The number of aromatic nitrogens is 3. The second-order valence-corrected chi connectivity index (χ2v) is 9.57. The number of anilines is 3. The number of ether oxygens (including phenoxy) is 1. The van der Waals surface area contributed by atoms with Crippen molar-refractivity contribution in [1.82, 2.24) is 19.9 Å². The number of furan rings is 1. The molecule has 0 bridgehead atoms. The van der Waals surface area contributed by atoms with Gasteiger partial charge in [-0.3, -0.25) is 9.59 Å². The van der Waals surface area contributed by atoms with Gasteiger partial charge >= 0.3 is 0 Å². The summed E-state index contributed by atoms with van der Waals surface area (Å²) in [6.45, 7) is 4.05. The Kier molecular flexibility index (Phi) is 6.64. The van der Waals surface area contributed by atoms with E-state index in [0.717, 1.165) is 0 Å². The lowest BCUT2D eigenvalue weighted by atomic mass is 10.1. The number of fused-ring (bicyclic) bond motifs is 1. The molecule has 0 aliphatic carbocycles. The monoisotopic (exact) mass is 546 g/mol. The van der Waals surface area contributed by atoms with Gasteiger partial charge in [0.1, 0.15) is 11.4 Å². The fourth-order valence-corrected chi connectivity index (χ4v) is 4.82. The summed E-state index contributed by atoms with van der Waals surface area (Å²) >= 11 is 0. The number of amides is 2. The first-order valence-electron chi connectivity index (χ1n) is 12.9. The van der Waals surface area contributed by atoms with E-state index in [4.69, 9.17) is 25.6 Å². The van der Waals surface area contributed by atoms with Crippen LogP contribution < -0.4 is 21.3 Å². The number of para-hydroxylation sites is 1. The molecule has 0 unspecified atom stereocenters.